The molecule has 2 rings (SSSR count). The Hall–Kier alpha value is -1.97. The number of carbonyl (C=O) groups is 2. The lowest BCUT2D eigenvalue weighted by Crippen LogP contribution is -2.13. The summed E-state index contributed by atoms with van der Waals surface area (Å²) in [6, 6.07) is 6.75. The van der Waals surface area contributed by atoms with Crippen LogP contribution in [0.5, 0.6) is 0 Å². The summed E-state index contributed by atoms with van der Waals surface area (Å²) in [5.74, 6) is 0.375. The number of hydrogen-bond acceptors (Lipinski definition) is 7. The summed E-state index contributed by atoms with van der Waals surface area (Å²) in [5.41, 5.74) is 1.02. The Labute approximate surface area is 148 Å². The minimum atomic E-state index is -0.299. The smallest absolute Gasteiger partial charge is 0.257 e. The molecule has 2 N–H and O–H groups in total. The van der Waals surface area contributed by atoms with Gasteiger partial charge in [0.25, 0.3) is 5.91 Å². The van der Waals surface area contributed by atoms with Gasteiger partial charge in [-0.1, -0.05) is 36.1 Å². The first-order valence-corrected chi connectivity index (χ1v) is 9.09. The van der Waals surface area contributed by atoms with E-state index >= 15 is 0 Å². The Bertz CT molecular complexity index is 706. The van der Waals surface area contributed by atoms with Crippen LogP contribution in [0.25, 0.3) is 0 Å². The van der Waals surface area contributed by atoms with Crippen molar-refractivity contribution in [1.82, 2.24) is 10.2 Å². The first-order valence-electron chi connectivity index (χ1n) is 7.29. The van der Waals surface area contributed by atoms with Gasteiger partial charge < -0.3 is 10.1 Å². The number of nitrogens with one attached hydrogen (secondary N) is 2. The predicted molar refractivity (Wildman–Crippen MR) is 95.8 cm³/mol. The van der Waals surface area contributed by atoms with Gasteiger partial charge in [-0.2, -0.15) is 0 Å². The standard InChI is InChI=1S/C15H18N4O3S2/c1-3-12(20)16-11-6-4-5-10(9-11)13(21)17-14-18-19-15(24-14)23-8-7-22-2/h4-6,9H,3,7-8H2,1-2H3,(H,16,20)(H,17,18,21). The Morgan fingerprint density at radius 2 is 2.12 bits per heavy atom. The number of ether oxygens (including phenoxy) is 1. The molecule has 0 radical (unpaired) electrons. The summed E-state index contributed by atoms with van der Waals surface area (Å²) >= 11 is 2.83. The highest BCUT2D eigenvalue weighted by Gasteiger charge is 2.11. The molecule has 7 nitrogen and oxygen atoms in total. The molecule has 0 aliphatic rings. The summed E-state index contributed by atoms with van der Waals surface area (Å²) < 4.78 is 5.75. The third-order valence-corrected chi connectivity index (χ3v) is 4.81. The fourth-order valence-electron chi connectivity index (χ4n) is 1.69. The minimum Gasteiger partial charge on any atom is -0.384 e. The highest BCUT2D eigenvalue weighted by atomic mass is 32.2. The van der Waals surface area contributed by atoms with Crippen LogP contribution in [0.1, 0.15) is 23.7 Å². The maximum atomic E-state index is 12.3. The number of amides is 2. The number of hydrogen-bond donors (Lipinski definition) is 2. The number of aromatic nitrogens is 2. The summed E-state index contributed by atoms with van der Waals surface area (Å²) in [5, 5.41) is 13.8. The molecule has 1 heterocycles. The van der Waals surface area contributed by atoms with E-state index in [1.54, 1.807) is 38.3 Å². The van der Waals surface area contributed by atoms with Crippen LogP contribution in [0, 0.1) is 0 Å². The molecule has 0 aliphatic carbocycles. The Balaban J connectivity index is 1.97. The lowest BCUT2D eigenvalue weighted by Gasteiger charge is -2.06. The SMILES string of the molecule is CCC(=O)Nc1cccc(C(=O)Nc2nnc(SCCOC)s2)c1. The van der Waals surface area contributed by atoms with Gasteiger partial charge in [0.2, 0.25) is 11.0 Å². The van der Waals surface area contributed by atoms with Crippen LogP contribution in [0.3, 0.4) is 0 Å². The summed E-state index contributed by atoms with van der Waals surface area (Å²) in [6.07, 6.45) is 0.380. The molecular formula is C15H18N4O3S2. The fraction of sp³-hybridized carbons (Fsp3) is 0.333. The van der Waals surface area contributed by atoms with E-state index in [1.807, 2.05) is 0 Å². The number of nitrogens with zero attached hydrogens (tertiary/aromatic N) is 2. The van der Waals surface area contributed by atoms with Gasteiger partial charge in [-0.25, -0.2) is 0 Å². The van der Waals surface area contributed by atoms with Crippen molar-refractivity contribution in [3.63, 3.8) is 0 Å². The zero-order valence-corrected chi connectivity index (χ0v) is 15.0. The molecule has 128 valence electrons. The zero-order chi connectivity index (χ0) is 17.4. The molecule has 9 heteroatoms. The molecule has 0 atom stereocenters. The second kappa shape index (κ2) is 9.36. The van der Waals surface area contributed by atoms with E-state index in [0.29, 0.717) is 29.4 Å². The molecular weight excluding hydrogens is 348 g/mol. The van der Waals surface area contributed by atoms with Crippen molar-refractivity contribution in [2.45, 2.75) is 17.7 Å². The Kier molecular flexibility index (Phi) is 7.16. The topological polar surface area (TPSA) is 93.2 Å². The van der Waals surface area contributed by atoms with Crippen molar-refractivity contribution in [2.24, 2.45) is 0 Å². The molecule has 0 saturated heterocycles. The normalized spacial score (nSPS) is 10.4. The molecule has 0 unspecified atom stereocenters. The molecule has 1 aromatic carbocycles. The van der Waals surface area contributed by atoms with Gasteiger partial charge in [0.1, 0.15) is 0 Å². The number of thioether (sulfide) groups is 1. The van der Waals surface area contributed by atoms with Gasteiger partial charge in [0.15, 0.2) is 4.34 Å². The summed E-state index contributed by atoms with van der Waals surface area (Å²) in [6.45, 7) is 2.39. The fourth-order valence-corrected chi connectivity index (χ4v) is 3.41. The molecule has 2 amide bonds. The van der Waals surface area contributed by atoms with Gasteiger partial charge in [0.05, 0.1) is 6.61 Å². The molecule has 24 heavy (non-hydrogen) atoms. The quantitative estimate of drug-likeness (QED) is 0.424. The molecule has 0 saturated carbocycles. The van der Waals surface area contributed by atoms with Crippen LogP contribution in [0.2, 0.25) is 0 Å². The van der Waals surface area contributed by atoms with Gasteiger partial charge in [0, 0.05) is 30.5 Å². The van der Waals surface area contributed by atoms with Crippen LogP contribution >= 0.6 is 23.1 Å². The van der Waals surface area contributed by atoms with Gasteiger partial charge >= 0.3 is 0 Å². The molecule has 0 spiro atoms. The van der Waals surface area contributed by atoms with Crippen LogP contribution in [-0.4, -0.2) is 41.5 Å². The average molecular weight is 366 g/mol. The Morgan fingerprint density at radius 3 is 2.88 bits per heavy atom. The summed E-state index contributed by atoms with van der Waals surface area (Å²) in [4.78, 5) is 23.7. The van der Waals surface area contributed by atoms with Crippen molar-refractivity contribution in [2.75, 3.05) is 30.1 Å². The third-order valence-electron chi connectivity index (χ3n) is 2.87. The lowest BCUT2D eigenvalue weighted by molar-refractivity contribution is -0.115. The van der Waals surface area contributed by atoms with E-state index < -0.39 is 0 Å². The van der Waals surface area contributed by atoms with Crippen molar-refractivity contribution in [1.29, 1.82) is 0 Å². The van der Waals surface area contributed by atoms with E-state index in [1.165, 1.54) is 23.1 Å². The minimum absolute atomic E-state index is 0.102. The largest absolute Gasteiger partial charge is 0.384 e. The maximum Gasteiger partial charge on any atom is 0.257 e. The molecule has 1 aromatic heterocycles. The van der Waals surface area contributed by atoms with Crippen LogP contribution < -0.4 is 10.6 Å². The van der Waals surface area contributed by atoms with Crippen molar-refractivity contribution >= 4 is 45.7 Å². The molecule has 0 fully saturated rings. The molecule has 2 aromatic rings. The number of benzene rings is 1. The first-order chi connectivity index (χ1) is 11.6. The van der Waals surface area contributed by atoms with Crippen LogP contribution in [0.4, 0.5) is 10.8 Å². The second-order valence-electron chi connectivity index (χ2n) is 4.65. The van der Waals surface area contributed by atoms with Gasteiger partial charge in [-0.15, -0.1) is 10.2 Å². The maximum absolute atomic E-state index is 12.3. The average Bonchev–Trinajstić information content (AvgIpc) is 3.02. The zero-order valence-electron chi connectivity index (χ0n) is 13.4. The predicted octanol–water partition coefficient (Wildman–Crippen LogP) is 2.88. The van der Waals surface area contributed by atoms with Gasteiger partial charge in [-0.05, 0) is 18.2 Å². The number of methoxy groups -OCH3 is 1. The van der Waals surface area contributed by atoms with E-state index in [0.717, 1.165) is 10.1 Å². The van der Waals surface area contributed by atoms with E-state index in [-0.39, 0.29) is 11.8 Å². The molecule has 0 bridgehead atoms. The first kappa shape index (κ1) is 18.4. The van der Waals surface area contributed by atoms with E-state index in [2.05, 4.69) is 20.8 Å². The Morgan fingerprint density at radius 1 is 1.29 bits per heavy atom. The monoisotopic (exact) mass is 366 g/mol. The van der Waals surface area contributed by atoms with Crippen LogP contribution in [0.15, 0.2) is 28.6 Å². The number of anilines is 2. The highest BCUT2D eigenvalue weighted by Crippen LogP contribution is 2.25. The third kappa shape index (κ3) is 5.59. The van der Waals surface area contributed by atoms with E-state index in [4.69, 9.17) is 4.74 Å². The highest BCUT2D eigenvalue weighted by molar-refractivity contribution is 8.01. The van der Waals surface area contributed by atoms with E-state index in [9.17, 15) is 9.59 Å². The summed E-state index contributed by atoms with van der Waals surface area (Å²) in [7, 11) is 1.64. The van der Waals surface area contributed by atoms with Gasteiger partial charge in [-0.3, -0.25) is 14.9 Å². The lowest BCUT2D eigenvalue weighted by atomic mass is 10.2. The molecule has 0 aliphatic heterocycles. The van der Waals surface area contributed by atoms with Crippen molar-refractivity contribution in [3.05, 3.63) is 29.8 Å². The van der Waals surface area contributed by atoms with Crippen molar-refractivity contribution in [3.8, 4) is 0 Å². The van der Waals surface area contributed by atoms with Crippen molar-refractivity contribution < 1.29 is 14.3 Å². The number of carbonyl (C=O) groups excluding carboxylic acids is 2. The second-order valence-corrected chi connectivity index (χ2v) is 6.97. The number of rotatable bonds is 8. The van der Waals surface area contributed by atoms with Crippen LogP contribution in [-0.2, 0) is 9.53 Å².